The molecular weight excluding hydrogens is 545 g/mol. The van der Waals surface area contributed by atoms with Crippen LogP contribution in [0.1, 0.15) is 62.4 Å². The molecule has 3 amide bonds. The van der Waals surface area contributed by atoms with E-state index in [1.54, 1.807) is 35.2 Å². The highest BCUT2D eigenvalue weighted by atomic mass is 32.2. The van der Waals surface area contributed by atoms with Crippen molar-refractivity contribution in [3.05, 3.63) is 59.7 Å². The van der Waals surface area contributed by atoms with Crippen molar-refractivity contribution in [2.75, 3.05) is 5.32 Å². The van der Waals surface area contributed by atoms with Crippen molar-refractivity contribution >= 4 is 29.4 Å². The molecule has 1 fully saturated rings. The van der Waals surface area contributed by atoms with E-state index in [-0.39, 0.29) is 40.7 Å². The Morgan fingerprint density at radius 3 is 2.27 bits per heavy atom. The average Bonchev–Trinajstić information content (AvgIpc) is 3.39. The zero-order chi connectivity index (χ0) is 28.9. The molecule has 1 aliphatic heterocycles. The van der Waals surface area contributed by atoms with Crippen LogP contribution in [0.4, 0.5) is 23.7 Å². The SMILES string of the molecule is CC(C)(C)C1CCC(N(Cc2ccc(C(=O)NN3NN=NN3)cc2)C(=O)Nc2cccc(SC(F)(F)F)c2)CC1. The molecule has 0 aromatic heterocycles. The van der Waals surface area contributed by atoms with Crippen LogP contribution < -0.4 is 21.8 Å². The highest BCUT2D eigenvalue weighted by molar-refractivity contribution is 8.00. The first-order chi connectivity index (χ1) is 18.9. The first-order valence-corrected chi connectivity index (χ1v) is 13.7. The Bertz CT molecular complexity index is 1200. The molecule has 0 atom stereocenters. The van der Waals surface area contributed by atoms with Gasteiger partial charge in [0.2, 0.25) is 0 Å². The number of nitrogens with one attached hydrogen (secondary N) is 4. The second kappa shape index (κ2) is 12.3. The predicted octanol–water partition coefficient (Wildman–Crippen LogP) is 6.19. The number of nitrogens with zero attached hydrogens (tertiary/aromatic N) is 4. The molecule has 40 heavy (non-hydrogen) atoms. The van der Waals surface area contributed by atoms with Crippen molar-refractivity contribution in [3.8, 4) is 0 Å². The Balaban J connectivity index is 1.47. The van der Waals surface area contributed by atoms with Gasteiger partial charge in [0.15, 0.2) is 0 Å². The Hall–Kier alpha value is -3.52. The normalized spacial score (nSPS) is 19.4. The number of anilines is 1. The second-order valence-corrected chi connectivity index (χ2v) is 12.0. The van der Waals surface area contributed by atoms with Crippen molar-refractivity contribution in [2.45, 2.75) is 69.4 Å². The van der Waals surface area contributed by atoms with Gasteiger partial charge in [0.05, 0.1) is 0 Å². The van der Waals surface area contributed by atoms with Crippen LogP contribution in [-0.4, -0.2) is 33.6 Å². The molecule has 0 spiro atoms. The number of amides is 3. The Labute approximate surface area is 235 Å². The van der Waals surface area contributed by atoms with Gasteiger partial charge < -0.3 is 10.2 Å². The molecule has 0 unspecified atom stereocenters. The smallest absolute Gasteiger partial charge is 0.317 e. The fourth-order valence-corrected chi connectivity index (χ4v) is 5.52. The van der Waals surface area contributed by atoms with Gasteiger partial charge in [0.1, 0.15) is 0 Å². The quantitative estimate of drug-likeness (QED) is 0.292. The lowest BCUT2D eigenvalue weighted by Crippen LogP contribution is -2.51. The van der Waals surface area contributed by atoms with Gasteiger partial charge in [-0.05, 0) is 100 Å². The van der Waals surface area contributed by atoms with E-state index in [1.165, 1.54) is 18.2 Å². The van der Waals surface area contributed by atoms with Gasteiger partial charge in [-0.1, -0.05) is 39.0 Å². The van der Waals surface area contributed by atoms with Crippen LogP contribution in [0.15, 0.2) is 63.9 Å². The first kappa shape index (κ1) is 29.5. The van der Waals surface area contributed by atoms with Crippen LogP contribution in [0.5, 0.6) is 0 Å². The van der Waals surface area contributed by atoms with Crippen molar-refractivity contribution in [2.24, 2.45) is 21.8 Å². The summed E-state index contributed by atoms with van der Waals surface area (Å²) in [6.45, 7) is 6.96. The summed E-state index contributed by atoms with van der Waals surface area (Å²) >= 11 is -0.222. The van der Waals surface area contributed by atoms with E-state index >= 15 is 0 Å². The van der Waals surface area contributed by atoms with E-state index in [9.17, 15) is 22.8 Å². The molecule has 1 heterocycles. The van der Waals surface area contributed by atoms with Crippen LogP contribution in [0.25, 0.3) is 0 Å². The molecule has 1 aliphatic carbocycles. The summed E-state index contributed by atoms with van der Waals surface area (Å²) in [5, 5.41) is 10.8. The maximum absolute atomic E-state index is 13.5. The van der Waals surface area contributed by atoms with Gasteiger partial charge in [0, 0.05) is 28.7 Å². The lowest BCUT2D eigenvalue weighted by molar-refractivity contribution is -0.0328. The fourth-order valence-electron chi connectivity index (χ4n) is 4.92. The van der Waals surface area contributed by atoms with E-state index in [0.717, 1.165) is 36.5 Å². The molecule has 0 bridgehead atoms. The first-order valence-electron chi connectivity index (χ1n) is 12.9. The van der Waals surface area contributed by atoms with Gasteiger partial charge in [-0.3, -0.25) is 4.79 Å². The topological polar surface area (TPSA) is 113 Å². The molecule has 10 nitrogen and oxygen atoms in total. The third-order valence-corrected chi connectivity index (χ3v) is 7.78. The average molecular weight is 579 g/mol. The number of hydrazine groups is 3. The molecule has 4 N–H and O–H groups in total. The van der Waals surface area contributed by atoms with Crippen LogP contribution in [0.2, 0.25) is 0 Å². The number of hydrogen-bond donors (Lipinski definition) is 4. The van der Waals surface area contributed by atoms with Crippen LogP contribution in [0.3, 0.4) is 0 Å². The maximum atomic E-state index is 13.5. The molecule has 2 aromatic carbocycles. The summed E-state index contributed by atoms with van der Waals surface area (Å²) in [4.78, 5) is 27.7. The summed E-state index contributed by atoms with van der Waals surface area (Å²) in [6, 6.07) is 12.2. The van der Waals surface area contributed by atoms with Gasteiger partial charge in [-0.25, -0.2) is 10.2 Å². The molecule has 0 saturated heterocycles. The largest absolute Gasteiger partial charge is 0.446 e. The lowest BCUT2D eigenvalue weighted by atomic mass is 9.71. The summed E-state index contributed by atoms with van der Waals surface area (Å²) in [5.41, 5.74) is 4.64. The van der Waals surface area contributed by atoms with E-state index in [0.29, 0.717) is 17.2 Å². The molecule has 2 aliphatic rings. The number of halogens is 3. The minimum atomic E-state index is -4.42. The Morgan fingerprint density at radius 1 is 1.02 bits per heavy atom. The van der Waals surface area contributed by atoms with E-state index in [2.05, 4.69) is 53.0 Å². The molecule has 216 valence electrons. The zero-order valence-corrected chi connectivity index (χ0v) is 23.3. The summed E-state index contributed by atoms with van der Waals surface area (Å²) < 4.78 is 38.6. The van der Waals surface area contributed by atoms with E-state index in [4.69, 9.17) is 0 Å². The van der Waals surface area contributed by atoms with Crippen molar-refractivity contribution in [1.29, 1.82) is 0 Å². The highest BCUT2D eigenvalue weighted by Gasteiger charge is 2.34. The third-order valence-electron chi connectivity index (χ3n) is 7.06. The monoisotopic (exact) mass is 578 g/mol. The van der Waals surface area contributed by atoms with Crippen molar-refractivity contribution in [1.82, 2.24) is 26.6 Å². The van der Waals surface area contributed by atoms with Gasteiger partial charge >= 0.3 is 11.5 Å². The number of alkyl halides is 3. The minimum Gasteiger partial charge on any atom is -0.317 e. The second-order valence-electron chi connectivity index (χ2n) is 10.9. The molecule has 2 aromatic rings. The van der Waals surface area contributed by atoms with Crippen LogP contribution in [0, 0.1) is 11.3 Å². The van der Waals surface area contributed by atoms with Gasteiger partial charge in [-0.2, -0.15) is 24.2 Å². The summed E-state index contributed by atoms with van der Waals surface area (Å²) in [7, 11) is 0. The third kappa shape index (κ3) is 8.24. The number of benzene rings is 2. The number of carbonyl (C=O) groups is 2. The fraction of sp³-hybridized carbons (Fsp3) is 0.462. The highest BCUT2D eigenvalue weighted by Crippen LogP contribution is 2.40. The number of hydrogen-bond acceptors (Lipinski definition) is 8. The van der Waals surface area contributed by atoms with E-state index in [1.807, 2.05) is 0 Å². The Kier molecular flexibility index (Phi) is 9.08. The molecule has 14 heteroatoms. The maximum Gasteiger partial charge on any atom is 0.446 e. The number of urea groups is 1. The summed E-state index contributed by atoms with van der Waals surface area (Å²) in [6.07, 6.45) is 3.61. The predicted molar refractivity (Wildman–Crippen MR) is 145 cm³/mol. The standard InChI is InChI=1S/C26H33F3N8O2S/c1-25(2,3)19-11-13-21(14-12-19)36(24(39)30-20-5-4-6-22(15-20)40-26(27,28)29)16-17-7-9-18(10-8-17)23(38)31-37-34-32-33-35-37/h4-10,15,19,21H,11-14,16H2,1-3H3,(H,30,39)(H,31,38)(H,32,35)(H,33,34). The van der Waals surface area contributed by atoms with Crippen LogP contribution >= 0.6 is 11.8 Å². The molecule has 4 rings (SSSR count). The Morgan fingerprint density at radius 2 is 1.68 bits per heavy atom. The van der Waals surface area contributed by atoms with Crippen LogP contribution in [-0.2, 0) is 6.54 Å². The number of rotatable bonds is 7. The molecule has 1 saturated carbocycles. The number of thioether (sulfide) groups is 1. The lowest BCUT2D eigenvalue weighted by Gasteiger charge is -2.41. The number of carbonyl (C=O) groups excluding carboxylic acids is 2. The van der Waals surface area contributed by atoms with E-state index < -0.39 is 11.4 Å². The van der Waals surface area contributed by atoms with Gasteiger partial charge in [0.25, 0.3) is 5.91 Å². The molecule has 0 radical (unpaired) electrons. The minimum absolute atomic E-state index is 0.00178. The van der Waals surface area contributed by atoms with Gasteiger partial charge in [-0.15, -0.1) is 0 Å². The molecular formula is C26H33F3N8O2S. The van der Waals surface area contributed by atoms with Crippen molar-refractivity contribution in [3.63, 3.8) is 0 Å². The van der Waals surface area contributed by atoms with Crippen molar-refractivity contribution < 1.29 is 22.8 Å². The summed E-state index contributed by atoms with van der Waals surface area (Å²) in [5.74, 6) is 0.147. The zero-order valence-electron chi connectivity index (χ0n) is 22.5.